The van der Waals surface area contributed by atoms with Crippen LogP contribution in [0.15, 0.2) is 77.5 Å². The molecule has 0 saturated carbocycles. The zero-order valence-electron chi connectivity index (χ0n) is 12.4. The first-order valence-electron chi connectivity index (χ1n) is 7.36. The molecule has 0 aliphatic heterocycles. The van der Waals surface area contributed by atoms with E-state index in [1.807, 2.05) is 77.5 Å². The van der Waals surface area contributed by atoms with Crippen molar-refractivity contribution in [2.24, 2.45) is 0 Å². The Morgan fingerprint density at radius 3 is 1.87 bits per heavy atom. The molecule has 1 atom stereocenters. The molecule has 4 heteroatoms. The van der Waals surface area contributed by atoms with Gasteiger partial charge in [-0.15, -0.1) is 0 Å². The third-order valence-electron chi connectivity index (χ3n) is 3.72. The number of hydrogen-bond donors (Lipinski definition) is 2. The molecule has 116 valence electrons. The Bertz CT molecular complexity index is 702. The van der Waals surface area contributed by atoms with Gasteiger partial charge in [0.1, 0.15) is 6.04 Å². The van der Waals surface area contributed by atoms with Crippen molar-refractivity contribution in [2.75, 3.05) is 0 Å². The summed E-state index contributed by atoms with van der Waals surface area (Å²) in [5, 5.41) is 16.7. The van der Waals surface area contributed by atoms with Gasteiger partial charge >= 0.3 is 5.97 Å². The molecule has 3 nitrogen and oxygen atoms in total. The predicted molar refractivity (Wildman–Crippen MR) is 92.6 cm³/mol. The van der Waals surface area contributed by atoms with E-state index in [1.54, 1.807) is 0 Å². The maximum atomic E-state index is 11.7. The molecule has 0 radical (unpaired) electrons. The van der Waals surface area contributed by atoms with Crippen molar-refractivity contribution >= 4 is 17.3 Å². The van der Waals surface area contributed by atoms with E-state index in [4.69, 9.17) is 0 Å². The SMILES string of the molecule is O=C(O)C(NC(c1ccccc1)c1ccccc1)c1ccsc1. The summed E-state index contributed by atoms with van der Waals surface area (Å²) in [6, 6.07) is 20.7. The fourth-order valence-corrected chi connectivity index (χ4v) is 3.28. The second kappa shape index (κ2) is 7.22. The summed E-state index contributed by atoms with van der Waals surface area (Å²) < 4.78 is 0. The third kappa shape index (κ3) is 3.67. The minimum Gasteiger partial charge on any atom is -0.480 e. The molecule has 0 bridgehead atoms. The minimum atomic E-state index is -0.875. The van der Waals surface area contributed by atoms with Crippen molar-refractivity contribution in [3.05, 3.63) is 94.2 Å². The number of carboxylic acid groups (broad SMARTS) is 1. The number of hydrogen-bond acceptors (Lipinski definition) is 3. The topological polar surface area (TPSA) is 49.3 Å². The van der Waals surface area contributed by atoms with Crippen LogP contribution in [0.25, 0.3) is 0 Å². The molecular formula is C19H17NO2S. The number of aliphatic carboxylic acids is 1. The summed E-state index contributed by atoms with van der Waals surface area (Å²) in [4.78, 5) is 11.7. The first-order valence-corrected chi connectivity index (χ1v) is 8.31. The van der Waals surface area contributed by atoms with E-state index >= 15 is 0 Å². The molecule has 1 aromatic heterocycles. The predicted octanol–water partition coefficient (Wildman–Crippen LogP) is 4.25. The van der Waals surface area contributed by atoms with Crippen molar-refractivity contribution in [1.29, 1.82) is 0 Å². The Morgan fingerprint density at radius 1 is 0.870 bits per heavy atom. The van der Waals surface area contributed by atoms with Gasteiger partial charge in [-0.1, -0.05) is 60.7 Å². The molecular weight excluding hydrogens is 306 g/mol. The number of rotatable bonds is 6. The molecule has 0 fully saturated rings. The first-order chi connectivity index (χ1) is 11.3. The molecule has 0 saturated heterocycles. The van der Waals surface area contributed by atoms with Gasteiger partial charge in [-0.05, 0) is 33.5 Å². The highest BCUT2D eigenvalue weighted by Crippen LogP contribution is 2.27. The Labute approximate surface area is 139 Å². The lowest BCUT2D eigenvalue weighted by molar-refractivity contribution is -0.139. The Morgan fingerprint density at radius 2 is 1.43 bits per heavy atom. The van der Waals surface area contributed by atoms with Gasteiger partial charge in [0.05, 0.1) is 6.04 Å². The van der Waals surface area contributed by atoms with Crippen molar-refractivity contribution in [2.45, 2.75) is 12.1 Å². The highest BCUT2D eigenvalue weighted by atomic mass is 32.1. The second-order valence-electron chi connectivity index (χ2n) is 5.25. The summed E-state index contributed by atoms with van der Waals surface area (Å²) in [6.07, 6.45) is 0. The van der Waals surface area contributed by atoms with Gasteiger partial charge in [0, 0.05) is 0 Å². The normalized spacial score (nSPS) is 12.2. The van der Waals surface area contributed by atoms with E-state index < -0.39 is 12.0 Å². The Balaban J connectivity index is 1.97. The van der Waals surface area contributed by atoms with Crippen molar-refractivity contribution in [3.63, 3.8) is 0 Å². The number of benzene rings is 2. The molecule has 2 N–H and O–H groups in total. The van der Waals surface area contributed by atoms with Gasteiger partial charge in [0.25, 0.3) is 0 Å². The molecule has 3 rings (SSSR count). The quantitative estimate of drug-likeness (QED) is 0.713. The lowest BCUT2D eigenvalue weighted by Crippen LogP contribution is -2.32. The summed E-state index contributed by atoms with van der Waals surface area (Å²) >= 11 is 1.50. The molecule has 0 amide bonds. The average molecular weight is 323 g/mol. The van der Waals surface area contributed by atoms with Gasteiger partial charge < -0.3 is 5.11 Å². The molecule has 1 unspecified atom stereocenters. The van der Waals surface area contributed by atoms with E-state index in [-0.39, 0.29) is 6.04 Å². The van der Waals surface area contributed by atoms with Crippen LogP contribution in [0.3, 0.4) is 0 Å². The number of carbonyl (C=O) groups is 1. The minimum absolute atomic E-state index is 0.182. The van der Waals surface area contributed by atoms with Gasteiger partial charge in [-0.25, -0.2) is 0 Å². The van der Waals surface area contributed by atoms with Crippen LogP contribution in [0.2, 0.25) is 0 Å². The maximum absolute atomic E-state index is 11.7. The van der Waals surface area contributed by atoms with E-state index in [9.17, 15) is 9.90 Å². The summed E-state index contributed by atoms with van der Waals surface area (Å²) in [5.41, 5.74) is 2.86. The lowest BCUT2D eigenvalue weighted by atomic mass is 9.97. The van der Waals surface area contributed by atoms with E-state index in [0.717, 1.165) is 16.7 Å². The van der Waals surface area contributed by atoms with E-state index in [2.05, 4.69) is 5.32 Å². The molecule has 0 aliphatic rings. The van der Waals surface area contributed by atoms with Crippen LogP contribution >= 0.6 is 11.3 Å². The first kappa shape index (κ1) is 15.5. The van der Waals surface area contributed by atoms with Crippen LogP contribution in [0.4, 0.5) is 0 Å². The number of carboxylic acids is 1. The number of thiophene rings is 1. The monoisotopic (exact) mass is 323 g/mol. The van der Waals surface area contributed by atoms with Crippen LogP contribution in [-0.2, 0) is 4.79 Å². The average Bonchev–Trinajstić information content (AvgIpc) is 3.11. The fraction of sp³-hybridized carbons (Fsp3) is 0.105. The van der Waals surface area contributed by atoms with Crippen molar-refractivity contribution in [1.82, 2.24) is 5.32 Å². The zero-order chi connectivity index (χ0) is 16.1. The van der Waals surface area contributed by atoms with Crippen LogP contribution < -0.4 is 5.32 Å². The van der Waals surface area contributed by atoms with Gasteiger partial charge in [-0.2, -0.15) is 11.3 Å². The molecule has 2 aromatic carbocycles. The van der Waals surface area contributed by atoms with Crippen LogP contribution in [-0.4, -0.2) is 11.1 Å². The lowest BCUT2D eigenvalue weighted by Gasteiger charge is -2.24. The number of nitrogens with one attached hydrogen (secondary N) is 1. The summed E-state index contributed by atoms with van der Waals surface area (Å²) in [5.74, 6) is -0.875. The fourth-order valence-electron chi connectivity index (χ4n) is 2.59. The molecule has 0 aliphatic carbocycles. The highest BCUT2D eigenvalue weighted by molar-refractivity contribution is 7.08. The van der Waals surface area contributed by atoms with Crippen molar-refractivity contribution in [3.8, 4) is 0 Å². The van der Waals surface area contributed by atoms with Crippen molar-refractivity contribution < 1.29 is 9.90 Å². The molecule has 1 heterocycles. The summed E-state index contributed by atoms with van der Waals surface area (Å²) in [6.45, 7) is 0. The largest absolute Gasteiger partial charge is 0.480 e. The van der Waals surface area contributed by atoms with Crippen LogP contribution in [0.5, 0.6) is 0 Å². The van der Waals surface area contributed by atoms with E-state index in [1.165, 1.54) is 11.3 Å². The smallest absolute Gasteiger partial charge is 0.325 e. The Hall–Kier alpha value is -2.43. The van der Waals surface area contributed by atoms with Crippen LogP contribution in [0.1, 0.15) is 28.8 Å². The zero-order valence-corrected chi connectivity index (χ0v) is 13.2. The van der Waals surface area contributed by atoms with Gasteiger partial charge in [-0.3, -0.25) is 10.1 Å². The molecule has 0 spiro atoms. The van der Waals surface area contributed by atoms with Gasteiger partial charge in [0.2, 0.25) is 0 Å². The Kier molecular flexibility index (Phi) is 4.86. The second-order valence-corrected chi connectivity index (χ2v) is 6.03. The molecule has 3 aromatic rings. The van der Waals surface area contributed by atoms with Gasteiger partial charge in [0.15, 0.2) is 0 Å². The third-order valence-corrected chi connectivity index (χ3v) is 4.42. The molecule has 23 heavy (non-hydrogen) atoms. The van der Waals surface area contributed by atoms with Crippen LogP contribution in [0, 0.1) is 0 Å². The highest BCUT2D eigenvalue weighted by Gasteiger charge is 2.25. The standard InChI is InChI=1S/C19H17NO2S/c21-19(22)18(16-11-12-23-13-16)20-17(14-7-3-1-4-8-14)15-9-5-2-6-10-15/h1-13,17-18,20H,(H,21,22). The van der Waals surface area contributed by atoms with E-state index in [0.29, 0.717) is 0 Å². The maximum Gasteiger partial charge on any atom is 0.325 e. The summed E-state index contributed by atoms with van der Waals surface area (Å²) in [7, 11) is 0.